The Balaban J connectivity index is 0.00000686. The second-order valence-electron chi connectivity index (χ2n) is 26.7. The number of nitrogens with zero attached hydrogens (tertiary/aromatic N) is 4. The number of aromatic nitrogens is 2. The summed E-state index contributed by atoms with van der Waals surface area (Å²) in [6.07, 6.45) is 1.95. The molecule has 6 heteroatoms. The molecule has 0 amide bonds. The van der Waals surface area contributed by atoms with Crippen LogP contribution < -0.4 is 14.5 Å². The van der Waals surface area contributed by atoms with E-state index in [1.165, 1.54) is 66.6 Å². The zero-order chi connectivity index (χ0) is 62.0. The maximum Gasteiger partial charge on any atom is 0.135 e. The van der Waals surface area contributed by atoms with Crippen LogP contribution in [0.5, 0.6) is 11.5 Å². The van der Waals surface area contributed by atoms with Crippen LogP contribution in [0, 0.1) is 18.8 Å². The van der Waals surface area contributed by atoms with Crippen molar-refractivity contribution in [3.8, 4) is 84.1 Å². The van der Waals surface area contributed by atoms with Crippen LogP contribution in [0.1, 0.15) is 74.9 Å². The van der Waals surface area contributed by atoms with Gasteiger partial charge in [0.15, 0.2) is 0 Å². The largest absolute Gasteiger partial charge is 0.509 e. The third-order valence-corrected chi connectivity index (χ3v) is 19.3. The summed E-state index contributed by atoms with van der Waals surface area (Å²) in [5.74, 6) is 1.96. The van der Waals surface area contributed by atoms with Crippen LogP contribution in [-0.2, 0) is 37.3 Å². The van der Waals surface area contributed by atoms with Crippen molar-refractivity contribution < 1.29 is 25.8 Å². The summed E-state index contributed by atoms with van der Waals surface area (Å²) in [5.41, 5.74) is 27.0. The number of anilines is 4. The minimum Gasteiger partial charge on any atom is -0.509 e. The van der Waals surface area contributed by atoms with E-state index in [1.807, 2.05) is 12.3 Å². The molecule has 1 spiro atoms. The Morgan fingerprint density at radius 1 is 0.409 bits per heavy atom. The number of pyridine rings is 1. The fraction of sp³-hybridized carbons (Fsp3) is 0.103. The van der Waals surface area contributed by atoms with Crippen LogP contribution in [-0.4, -0.2) is 9.55 Å². The molecule has 93 heavy (non-hydrogen) atoms. The molecule has 3 aliphatic rings. The summed E-state index contributed by atoms with van der Waals surface area (Å²) < 4.78 is 9.41. The summed E-state index contributed by atoms with van der Waals surface area (Å²) in [6, 6.07) is 107. The molecule has 5 nitrogen and oxygen atoms in total. The van der Waals surface area contributed by atoms with Crippen LogP contribution in [0.25, 0.3) is 94.4 Å². The van der Waals surface area contributed by atoms with Gasteiger partial charge < -0.3 is 19.1 Å². The fourth-order valence-electron chi connectivity index (χ4n) is 14.9. The Labute approximate surface area is 559 Å². The van der Waals surface area contributed by atoms with Crippen LogP contribution in [0.2, 0.25) is 0 Å². The van der Waals surface area contributed by atoms with Crippen LogP contribution >= 0.6 is 0 Å². The van der Waals surface area contributed by atoms with E-state index < -0.39 is 5.41 Å². The van der Waals surface area contributed by atoms with E-state index in [0.29, 0.717) is 11.5 Å². The molecule has 12 aromatic carbocycles. The normalized spacial score (nSPS) is 13.4. The van der Waals surface area contributed by atoms with Crippen molar-refractivity contribution in [1.82, 2.24) is 9.55 Å². The van der Waals surface area contributed by atoms with E-state index in [0.717, 1.165) is 83.9 Å². The van der Waals surface area contributed by atoms with Gasteiger partial charge in [0.25, 0.3) is 0 Å². The molecule has 17 rings (SSSR count). The van der Waals surface area contributed by atoms with Crippen molar-refractivity contribution in [2.75, 3.05) is 9.80 Å². The van der Waals surface area contributed by atoms with Crippen molar-refractivity contribution in [1.29, 1.82) is 0 Å². The van der Waals surface area contributed by atoms with Gasteiger partial charge in [-0.25, -0.2) is 4.98 Å². The van der Waals surface area contributed by atoms with Crippen molar-refractivity contribution in [3.63, 3.8) is 0 Å². The average Bonchev–Trinajstić information content (AvgIpc) is 1.50. The Bertz CT molecular complexity index is 5220. The maximum absolute atomic E-state index is 7.10. The molecule has 3 heterocycles. The van der Waals surface area contributed by atoms with Crippen LogP contribution in [0.4, 0.5) is 22.7 Å². The standard InChI is InChI=1S/C87H65N4O.Pt/c1-85(2,3)62-30-20-29-61(50-62)68-37-22-36-67(60-28-19-27-58(49-60)56-23-9-7-10-24-56)84(68)90-55-89(77-45-41-59(51-80(77)90)57-25-11-8-12-26-57)64-31-21-32-65(53-64)92-66-42-43-73-79(54-66)91(81-52-63(47-48-88-81)86(4,5)6)78-46-44-72-71-35-15-18-40-76(71)87(83(72)82(73)78)74-38-16-13-33-69(74)70-34-14-17-39-75(70)87;/h7-52,55H,1-6H3;/q-3;. The zero-order valence-electron chi connectivity index (χ0n) is 52.6. The first-order chi connectivity index (χ1) is 44.9. The minimum absolute atomic E-state index is 0. The average molecular weight is 1380 g/mol. The third-order valence-electron chi connectivity index (χ3n) is 19.3. The maximum atomic E-state index is 7.10. The van der Waals surface area contributed by atoms with Gasteiger partial charge in [0, 0.05) is 72.5 Å². The molecule has 1 aliphatic heterocycles. The molecule has 0 fully saturated rings. The van der Waals surface area contributed by atoms with Gasteiger partial charge in [-0.2, -0.15) is 12.1 Å². The topological polar surface area (TPSA) is 33.5 Å². The first-order valence-corrected chi connectivity index (χ1v) is 31.9. The molecule has 0 saturated carbocycles. The predicted molar refractivity (Wildman–Crippen MR) is 380 cm³/mol. The first kappa shape index (κ1) is 57.8. The van der Waals surface area contributed by atoms with E-state index in [9.17, 15) is 0 Å². The molecule has 0 radical (unpaired) electrons. The molecule has 0 bridgehead atoms. The van der Waals surface area contributed by atoms with E-state index in [-0.39, 0.29) is 31.9 Å². The fourth-order valence-corrected chi connectivity index (χ4v) is 14.9. The summed E-state index contributed by atoms with van der Waals surface area (Å²) in [7, 11) is 0. The number of para-hydroxylation sites is 1. The molecule has 0 unspecified atom stereocenters. The SMILES string of the molecule is CC(C)(C)c1cccc(-c2cccc(-c3cccc(-c4ccccc4)c3)c2N2[CH-]N(c3[c-]c(Oc4[c-]c5c(cc4)c4c6c(ccc4n5-c4cc(C(C)(C)C)ccn4)-c4ccccc4C64c5ccccc5-c5ccccc54)ccc3)c3ccc(-c4ccccc4)cc32)c1.[Pt]. The number of fused-ring (bicyclic) bond motifs is 15. The number of hydrogen-bond acceptors (Lipinski definition) is 4. The van der Waals surface area contributed by atoms with Crippen molar-refractivity contribution in [3.05, 3.63) is 331 Å². The Morgan fingerprint density at radius 3 is 1.61 bits per heavy atom. The van der Waals surface area contributed by atoms with E-state index in [4.69, 9.17) is 9.72 Å². The van der Waals surface area contributed by atoms with Crippen LogP contribution in [0.15, 0.2) is 279 Å². The smallest absolute Gasteiger partial charge is 0.135 e. The monoisotopic (exact) mass is 1380 g/mol. The van der Waals surface area contributed by atoms with Gasteiger partial charge in [-0.1, -0.05) is 253 Å². The zero-order valence-corrected chi connectivity index (χ0v) is 54.9. The summed E-state index contributed by atoms with van der Waals surface area (Å²) >= 11 is 0. The molecule has 2 aliphatic carbocycles. The molecule has 0 saturated heterocycles. The molecular weight excluding hydrogens is 1310 g/mol. The van der Waals surface area contributed by atoms with Crippen molar-refractivity contribution in [2.24, 2.45) is 0 Å². The first-order valence-electron chi connectivity index (χ1n) is 31.9. The molecule has 452 valence electrons. The number of hydrogen-bond donors (Lipinski definition) is 0. The second-order valence-corrected chi connectivity index (χ2v) is 26.7. The Morgan fingerprint density at radius 2 is 0.946 bits per heavy atom. The molecule has 2 aromatic heterocycles. The van der Waals surface area contributed by atoms with E-state index in [1.54, 1.807) is 0 Å². The quantitative estimate of drug-likeness (QED) is 0.135. The summed E-state index contributed by atoms with van der Waals surface area (Å²) in [4.78, 5) is 9.85. The Hall–Kier alpha value is -10.3. The minimum atomic E-state index is -0.568. The van der Waals surface area contributed by atoms with Gasteiger partial charge >= 0.3 is 0 Å². The van der Waals surface area contributed by atoms with Gasteiger partial charge in [0.2, 0.25) is 0 Å². The molecule has 0 atom stereocenters. The summed E-state index contributed by atoms with van der Waals surface area (Å²) in [6.45, 7) is 15.9. The molecular formula is C87H65N4OPt-3. The van der Waals surface area contributed by atoms with Crippen molar-refractivity contribution in [2.45, 2.75) is 57.8 Å². The molecule has 0 N–H and O–H groups in total. The number of ether oxygens (including phenoxy) is 1. The van der Waals surface area contributed by atoms with Gasteiger partial charge in [-0.3, -0.25) is 0 Å². The van der Waals surface area contributed by atoms with Crippen molar-refractivity contribution >= 4 is 44.6 Å². The van der Waals surface area contributed by atoms with Gasteiger partial charge in [-0.15, -0.1) is 48.1 Å². The van der Waals surface area contributed by atoms with Crippen LogP contribution in [0.3, 0.4) is 0 Å². The second kappa shape index (κ2) is 22.2. The number of benzene rings is 12. The Kier molecular flexibility index (Phi) is 13.8. The molecule has 14 aromatic rings. The number of rotatable bonds is 9. The van der Waals surface area contributed by atoms with Gasteiger partial charge in [0.1, 0.15) is 5.82 Å². The van der Waals surface area contributed by atoms with Gasteiger partial charge in [-0.05, 0) is 142 Å². The predicted octanol–water partition coefficient (Wildman–Crippen LogP) is 22.6. The van der Waals surface area contributed by atoms with E-state index in [2.05, 4.69) is 342 Å². The summed E-state index contributed by atoms with van der Waals surface area (Å²) in [5, 5.41) is 2.26. The van der Waals surface area contributed by atoms with E-state index >= 15 is 0 Å². The third kappa shape index (κ3) is 9.34. The van der Waals surface area contributed by atoms with Gasteiger partial charge in [0.05, 0.1) is 5.41 Å².